The van der Waals surface area contributed by atoms with Crippen molar-refractivity contribution in [2.24, 2.45) is 29.6 Å². The maximum atomic E-state index is 14.4. The first-order valence-corrected chi connectivity index (χ1v) is 21.6. The molecule has 0 unspecified atom stereocenters. The molecular weight excluding hydrogens is 760 g/mol. The Balaban J connectivity index is 1.77. The fourth-order valence-corrected chi connectivity index (χ4v) is 9.69. The van der Waals surface area contributed by atoms with Gasteiger partial charge in [0.2, 0.25) is 5.79 Å². The van der Waals surface area contributed by atoms with Crippen LogP contribution in [0.25, 0.3) is 0 Å². The number of nitrogens with one attached hydrogen (secondary N) is 1. The minimum Gasteiger partial charge on any atom is -0.456 e. The second-order valence-electron chi connectivity index (χ2n) is 17.6. The second-order valence-corrected chi connectivity index (χ2v) is 17.6. The third-order valence-electron chi connectivity index (χ3n) is 13.1. The molecule has 0 spiro atoms. The number of aliphatic hydroxyl groups excluding tert-OH is 1. The summed E-state index contributed by atoms with van der Waals surface area (Å²) in [5.74, 6) is -7.63. The summed E-state index contributed by atoms with van der Waals surface area (Å²) >= 11 is 0. The largest absolute Gasteiger partial charge is 0.456 e. The number of carbonyl (C=O) groups excluding carboxylic acids is 4. The summed E-state index contributed by atoms with van der Waals surface area (Å²) in [6.07, 6.45) is 6.13. The molecule has 3 heterocycles. The van der Waals surface area contributed by atoms with Crippen LogP contribution in [0.1, 0.15) is 105 Å². The lowest BCUT2D eigenvalue weighted by Gasteiger charge is -2.47. The van der Waals surface area contributed by atoms with E-state index in [2.05, 4.69) is 12.1 Å². The first-order chi connectivity index (χ1) is 28.0. The van der Waals surface area contributed by atoms with Gasteiger partial charge >= 0.3 is 5.97 Å². The van der Waals surface area contributed by atoms with Crippen LogP contribution in [0.3, 0.4) is 0 Å². The van der Waals surface area contributed by atoms with Gasteiger partial charge in [0.15, 0.2) is 0 Å². The molecule has 3 N–H and O–H groups in total. The fourth-order valence-electron chi connectivity index (χ4n) is 9.69. The van der Waals surface area contributed by atoms with Crippen LogP contribution in [0, 0.1) is 29.6 Å². The van der Waals surface area contributed by atoms with E-state index in [0.29, 0.717) is 44.1 Å². The monoisotopic (exact) mass is 833 g/mol. The zero-order valence-electron chi connectivity index (χ0n) is 36.9. The van der Waals surface area contributed by atoms with Crippen molar-refractivity contribution in [3.63, 3.8) is 0 Å². The highest BCUT2D eigenvalue weighted by molar-refractivity contribution is 6.39. The SMILES string of the molecule is C=CC[C@@H]1/C=C(\C)C[C@H](C)C[C@H](OC)[C@H]2O[C@@](O)(C(=O)C(=O)N3CCCC[C@H]3C(=O)O[C@H](/C(C)=C/[C@@H]3CC[C@@H](ONC)[C@H](OC)C3)[C@H](C)[C@@H](O)CC1=O)[C@H](C)C[C@@H]2OC. The Bertz CT molecular complexity index is 1520. The lowest BCUT2D eigenvalue weighted by Crippen LogP contribution is -2.64. The van der Waals surface area contributed by atoms with Gasteiger partial charge in [0, 0.05) is 59.1 Å². The number of ether oxygens (including phenoxy) is 5. The standard InChI is InChI=1S/C45H72N2O12/c1-11-14-32-20-26(2)19-27(3)21-38(55-9)41-39(56-10)23-29(5)45(53,58-41)42(50)43(51)47-18-13-12-15-33(47)44(52)57-40(30(6)34(48)25-35(32)49)28(4)22-31-16-17-36(59-46-7)37(24-31)54-8/h11,20,22,27,29-34,36-41,46,48,53H,1,12-19,21,23-25H2,2-10H3/b26-20+,28-22+/t27-,29+,30+,31-,32+,33-,34-,36+,37+,38-,39-,40+,41+,45+/m0/s1. The van der Waals surface area contributed by atoms with Crippen molar-refractivity contribution in [1.29, 1.82) is 0 Å². The fraction of sp³-hybridized carbons (Fsp3) is 0.778. The van der Waals surface area contributed by atoms with Gasteiger partial charge in [-0.15, -0.1) is 6.58 Å². The quantitative estimate of drug-likeness (QED) is 0.125. The number of aliphatic hydroxyl groups is 2. The highest BCUT2D eigenvalue weighted by Crippen LogP contribution is 2.39. The molecule has 3 fully saturated rings. The average Bonchev–Trinajstić information content (AvgIpc) is 3.21. The van der Waals surface area contributed by atoms with Crippen molar-refractivity contribution < 1.29 is 57.9 Å². The average molecular weight is 833 g/mol. The van der Waals surface area contributed by atoms with E-state index < -0.39 is 77.8 Å². The first-order valence-electron chi connectivity index (χ1n) is 21.6. The number of nitrogens with zero attached hydrogens (tertiary/aromatic N) is 1. The number of rotatable bonds is 9. The Hall–Kier alpha value is -2.82. The third-order valence-corrected chi connectivity index (χ3v) is 13.1. The van der Waals surface area contributed by atoms with Gasteiger partial charge in [-0.05, 0) is 95.5 Å². The Labute approximate surface area is 351 Å². The molecule has 3 aliphatic heterocycles. The zero-order valence-corrected chi connectivity index (χ0v) is 36.9. The minimum atomic E-state index is -2.51. The van der Waals surface area contributed by atoms with Crippen LogP contribution in [-0.2, 0) is 47.7 Å². The third kappa shape index (κ3) is 12.0. The van der Waals surface area contributed by atoms with Gasteiger partial charge in [0.05, 0.1) is 24.4 Å². The lowest BCUT2D eigenvalue weighted by atomic mass is 9.81. The predicted octanol–water partition coefficient (Wildman–Crippen LogP) is 4.80. The lowest BCUT2D eigenvalue weighted by molar-refractivity contribution is -0.302. The maximum Gasteiger partial charge on any atom is 0.329 e. The highest BCUT2D eigenvalue weighted by atomic mass is 16.7. The van der Waals surface area contributed by atoms with Crippen LogP contribution in [0.2, 0.25) is 0 Å². The van der Waals surface area contributed by atoms with Gasteiger partial charge in [-0.2, -0.15) is 0 Å². The molecule has 2 bridgehead atoms. The molecule has 0 aromatic rings. The van der Waals surface area contributed by atoms with Crippen molar-refractivity contribution >= 4 is 23.4 Å². The summed E-state index contributed by atoms with van der Waals surface area (Å²) in [5, 5.41) is 23.8. The molecule has 4 rings (SSSR count). The van der Waals surface area contributed by atoms with E-state index in [1.165, 1.54) is 19.1 Å². The number of hydrogen-bond acceptors (Lipinski definition) is 13. The number of hydrogen-bond donors (Lipinski definition) is 3. The van der Waals surface area contributed by atoms with Crippen molar-refractivity contribution in [3.05, 3.63) is 36.0 Å². The first kappa shape index (κ1) is 48.8. The number of allylic oxidation sites excluding steroid dienone is 4. The molecular formula is C45H72N2O12. The summed E-state index contributed by atoms with van der Waals surface area (Å²) in [6.45, 7) is 13.2. The molecule has 14 heteroatoms. The van der Waals surface area contributed by atoms with E-state index >= 15 is 0 Å². The molecule has 0 radical (unpaired) electrons. The van der Waals surface area contributed by atoms with E-state index in [-0.39, 0.29) is 55.6 Å². The molecule has 14 nitrogen and oxygen atoms in total. The Morgan fingerprint density at radius 2 is 1.64 bits per heavy atom. The van der Waals surface area contributed by atoms with Gasteiger partial charge in [-0.25, -0.2) is 10.3 Å². The van der Waals surface area contributed by atoms with Gasteiger partial charge in [0.25, 0.3) is 11.7 Å². The number of cyclic esters (lactones) is 1. The number of esters is 1. The number of fused-ring (bicyclic) bond motifs is 3. The summed E-state index contributed by atoms with van der Waals surface area (Å²) < 4.78 is 30.1. The number of hydroxylamine groups is 1. The Kier molecular flexibility index (Phi) is 18.5. The molecule has 0 aromatic carbocycles. The minimum absolute atomic E-state index is 0.0131. The van der Waals surface area contributed by atoms with Crippen molar-refractivity contribution in [1.82, 2.24) is 10.4 Å². The van der Waals surface area contributed by atoms with Gasteiger partial charge < -0.3 is 38.8 Å². The molecule has 2 saturated heterocycles. The molecule has 0 aromatic heterocycles. The molecule has 14 atom stereocenters. The number of amides is 1. The number of methoxy groups -OCH3 is 3. The van der Waals surface area contributed by atoms with E-state index in [1.807, 2.05) is 32.9 Å². The van der Waals surface area contributed by atoms with Crippen LogP contribution in [0.4, 0.5) is 0 Å². The summed E-state index contributed by atoms with van der Waals surface area (Å²) in [6, 6.07) is -1.13. The summed E-state index contributed by atoms with van der Waals surface area (Å²) in [7, 11) is 6.42. The molecule has 4 aliphatic rings. The summed E-state index contributed by atoms with van der Waals surface area (Å²) in [4.78, 5) is 63.8. The van der Waals surface area contributed by atoms with Crippen molar-refractivity contribution in [3.8, 4) is 0 Å². The van der Waals surface area contributed by atoms with E-state index in [1.54, 1.807) is 34.1 Å². The van der Waals surface area contributed by atoms with Gasteiger partial charge in [-0.1, -0.05) is 44.6 Å². The van der Waals surface area contributed by atoms with Crippen LogP contribution in [0.15, 0.2) is 36.0 Å². The van der Waals surface area contributed by atoms with Gasteiger partial charge in [-0.3, -0.25) is 19.2 Å². The van der Waals surface area contributed by atoms with Crippen molar-refractivity contribution in [2.45, 2.75) is 160 Å². The van der Waals surface area contributed by atoms with Gasteiger partial charge in [0.1, 0.15) is 30.1 Å². The molecule has 1 aliphatic carbocycles. The Morgan fingerprint density at radius 3 is 2.29 bits per heavy atom. The topological polar surface area (TPSA) is 179 Å². The molecule has 334 valence electrons. The van der Waals surface area contributed by atoms with Crippen LogP contribution in [-0.4, -0.2) is 128 Å². The number of ketones is 2. The number of carbonyl (C=O) groups is 4. The smallest absolute Gasteiger partial charge is 0.329 e. The maximum absolute atomic E-state index is 14.4. The van der Waals surface area contributed by atoms with Crippen molar-refractivity contribution in [2.75, 3.05) is 34.9 Å². The molecule has 1 saturated carbocycles. The van der Waals surface area contributed by atoms with E-state index in [9.17, 15) is 29.4 Å². The van der Waals surface area contributed by atoms with E-state index in [0.717, 1.165) is 18.4 Å². The Morgan fingerprint density at radius 1 is 0.966 bits per heavy atom. The number of piperidine rings is 1. The summed E-state index contributed by atoms with van der Waals surface area (Å²) in [5.41, 5.74) is 4.41. The van der Waals surface area contributed by atoms with E-state index in [4.69, 9.17) is 28.5 Å². The highest BCUT2D eigenvalue weighted by Gasteiger charge is 2.56. The predicted molar refractivity (Wildman–Crippen MR) is 221 cm³/mol. The van der Waals surface area contributed by atoms with Crippen LogP contribution >= 0.6 is 0 Å². The normalized spacial score (nSPS) is 40.0. The zero-order chi connectivity index (χ0) is 43.6. The number of Topliss-reactive ketones (excluding diaryl/α,β-unsaturated/α-hetero) is 2. The van der Waals surface area contributed by atoms with Crippen LogP contribution in [0.5, 0.6) is 0 Å². The molecule has 59 heavy (non-hydrogen) atoms. The second kappa shape index (κ2) is 22.3. The van der Waals surface area contributed by atoms with Crippen LogP contribution < -0.4 is 5.48 Å². The molecule has 1 amide bonds.